The van der Waals surface area contributed by atoms with Gasteiger partial charge in [0.05, 0.1) is 0 Å². The van der Waals surface area contributed by atoms with Gasteiger partial charge in [0.25, 0.3) is 5.91 Å². The molecular formula is C20H18N2O3. The summed E-state index contributed by atoms with van der Waals surface area (Å²) >= 11 is 0. The average Bonchev–Trinajstić information content (AvgIpc) is 2.65. The van der Waals surface area contributed by atoms with Crippen LogP contribution >= 0.6 is 0 Å². The maximum absolute atomic E-state index is 11.9. The molecule has 0 aliphatic heterocycles. The molecule has 3 rings (SSSR count). The van der Waals surface area contributed by atoms with Crippen LogP contribution in [0.2, 0.25) is 0 Å². The third kappa shape index (κ3) is 3.45. The molecule has 126 valence electrons. The van der Waals surface area contributed by atoms with Gasteiger partial charge in [-0.2, -0.15) is 0 Å². The molecule has 0 aliphatic rings. The van der Waals surface area contributed by atoms with E-state index in [-0.39, 0.29) is 12.5 Å². The molecule has 3 aromatic carbocycles. The summed E-state index contributed by atoms with van der Waals surface area (Å²) in [6.07, 6.45) is 0. The van der Waals surface area contributed by atoms with Crippen LogP contribution in [0.25, 0.3) is 21.9 Å². The summed E-state index contributed by atoms with van der Waals surface area (Å²) in [6, 6.07) is 18.7. The summed E-state index contributed by atoms with van der Waals surface area (Å²) in [6.45, 7) is -0.0487. The first-order chi connectivity index (χ1) is 12.1. The van der Waals surface area contributed by atoms with Crippen LogP contribution in [0, 0.1) is 0 Å². The van der Waals surface area contributed by atoms with Gasteiger partial charge in [-0.15, -0.1) is 0 Å². The van der Waals surface area contributed by atoms with Crippen LogP contribution in [0.4, 0.5) is 0 Å². The molecule has 0 fully saturated rings. The van der Waals surface area contributed by atoms with Gasteiger partial charge < -0.3 is 15.8 Å². The van der Waals surface area contributed by atoms with Crippen molar-refractivity contribution in [3.8, 4) is 16.9 Å². The number of ether oxygens (including phenoxy) is 1. The van der Waals surface area contributed by atoms with E-state index in [0.29, 0.717) is 11.3 Å². The van der Waals surface area contributed by atoms with Gasteiger partial charge >= 0.3 is 0 Å². The van der Waals surface area contributed by atoms with E-state index in [1.165, 1.54) is 0 Å². The van der Waals surface area contributed by atoms with Gasteiger partial charge in [0.15, 0.2) is 6.61 Å². The molecule has 0 heterocycles. The molecule has 0 bridgehead atoms. The van der Waals surface area contributed by atoms with E-state index in [9.17, 15) is 9.59 Å². The highest BCUT2D eigenvalue weighted by molar-refractivity contribution is 6.09. The van der Waals surface area contributed by atoms with Crippen LogP contribution in [0.5, 0.6) is 5.75 Å². The minimum absolute atomic E-state index is 0.0487. The quantitative estimate of drug-likeness (QED) is 0.753. The number of nitrogens with two attached hydrogens (primary N) is 1. The van der Waals surface area contributed by atoms with Crippen molar-refractivity contribution in [2.24, 2.45) is 5.73 Å². The van der Waals surface area contributed by atoms with Crippen molar-refractivity contribution in [3.63, 3.8) is 0 Å². The first-order valence-corrected chi connectivity index (χ1v) is 7.85. The van der Waals surface area contributed by atoms with Gasteiger partial charge in [-0.3, -0.25) is 9.59 Å². The lowest BCUT2D eigenvalue weighted by molar-refractivity contribution is -0.122. The van der Waals surface area contributed by atoms with Crippen LogP contribution in [-0.4, -0.2) is 25.5 Å². The number of amides is 2. The predicted molar refractivity (Wildman–Crippen MR) is 97.5 cm³/mol. The van der Waals surface area contributed by atoms with Crippen LogP contribution in [-0.2, 0) is 4.79 Å². The Balaban J connectivity index is 2.10. The van der Waals surface area contributed by atoms with Crippen LogP contribution < -0.4 is 15.8 Å². The lowest BCUT2D eigenvalue weighted by Gasteiger charge is -2.13. The Morgan fingerprint density at radius 1 is 1.04 bits per heavy atom. The number of nitrogens with one attached hydrogen (secondary N) is 1. The second kappa shape index (κ2) is 7.05. The summed E-state index contributed by atoms with van der Waals surface area (Å²) in [7, 11) is 1.56. The number of carbonyl (C=O) groups is 2. The van der Waals surface area contributed by atoms with Crippen molar-refractivity contribution >= 4 is 22.6 Å². The smallest absolute Gasteiger partial charge is 0.257 e. The molecule has 5 nitrogen and oxygen atoms in total. The summed E-state index contributed by atoms with van der Waals surface area (Å²) in [5, 5.41) is 4.31. The highest BCUT2D eigenvalue weighted by Gasteiger charge is 2.14. The molecular weight excluding hydrogens is 316 g/mol. The zero-order valence-corrected chi connectivity index (χ0v) is 13.8. The van der Waals surface area contributed by atoms with E-state index in [0.717, 1.165) is 21.9 Å². The monoisotopic (exact) mass is 334 g/mol. The topological polar surface area (TPSA) is 81.4 Å². The lowest BCUT2D eigenvalue weighted by atomic mass is 9.93. The molecule has 3 N–H and O–H groups in total. The Kier molecular flexibility index (Phi) is 4.66. The second-order valence-corrected chi connectivity index (χ2v) is 5.56. The van der Waals surface area contributed by atoms with Crippen LogP contribution in [0.1, 0.15) is 10.4 Å². The number of hydrogen-bond donors (Lipinski definition) is 2. The fourth-order valence-corrected chi connectivity index (χ4v) is 2.74. The summed E-state index contributed by atoms with van der Waals surface area (Å²) in [5.41, 5.74) is 7.74. The van der Waals surface area contributed by atoms with E-state index in [1.54, 1.807) is 19.2 Å². The van der Waals surface area contributed by atoms with Gasteiger partial charge in [-0.1, -0.05) is 42.5 Å². The maximum atomic E-state index is 11.9. The minimum Gasteiger partial charge on any atom is -0.484 e. The minimum atomic E-state index is -0.472. The molecule has 25 heavy (non-hydrogen) atoms. The SMILES string of the molecule is CNC(=O)COc1ccc2c(-c3ccccc3)c(C(N)=O)ccc2c1. The van der Waals surface area contributed by atoms with E-state index in [1.807, 2.05) is 48.5 Å². The number of rotatable bonds is 5. The van der Waals surface area contributed by atoms with Crippen molar-refractivity contribution < 1.29 is 14.3 Å². The molecule has 0 saturated heterocycles. The molecule has 0 radical (unpaired) electrons. The Labute approximate surface area is 145 Å². The largest absolute Gasteiger partial charge is 0.484 e. The average molecular weight is 334 g/mol. The molecule has 0 unspecified atom stereocenters. The fraction of sp³-hybridized carbons (Fsp3) is 0.100. The first kappa shape index (κ1) is 16.5. The fourth-order valence-electron chi connectivity index (χ4n) is 2.74. The molecule has 0 aromatic heterocycles. The number of benzene rings is 3. The number of carbonyl (C=O) groups excluding carboxylic acids is 2. The maximum Gasteiger partial charge on any atom is 0.257 e. The van der Waals surface area contributed by atoms with Gasteiger partial charge in [0, 0.05) is 18.2 Å². The Morgan fingerprint density at radius 2 is 1.80 bits per heavy atom. The zero-order chi connectivity index (χ0) is 17.8. The molecule has 0 atom stereocenters. The summed E-state index contributed by atoms with van der Waals surface area (Å²) < 4.78 is 5.49. The van der Waals surface area contributed by atoms with Crippen molar-refractivity contribution in [3.05, 3.63) is 66.2 Å². The third-order valence-electron chi connectivity index (χ3n) is 3.97. The van der Waals surface area contributed by atoms with Gasteiger partial charge in [-0.05, 0) is 34.5 Å². The molecule has 0 spiro atoms. The number of hydrogen-bond acceptors (Lipinski definition) is 3. The summed E-state index contributed by atoms with van der Waals surface area (Å²) in [4.78, 5) is 23.2. The highest BCUT2D eigenvalue weighted by Crippen LogP contribution is 2.33. The standard InChI is InChI=1S/C20H18N2O3/c1-22-18(23)12-25-15-8-10-16-14(11-15)7-9-17(20(21)24)19(16)13-5-3-2-4-6-13/h2-11H,12H2,1H3,(H2,21,24)(H,22,23). The molecule has 2 amide bonds. The number of primary amides is 1. The van der Waals surface area contributed by atoms with Crippen LogP contribution in [0.3, 0.4) is 0 Å². The number of likely N-dealkylation sites (N-methyl/N-ethyl adjacent to an activating group) is 1. The van der Waals surface area contributed by atoms with Crippen molar-refractivity contribution in [1.29, 1.82) is 0 Å². The molecule has 0 saturated carbocycles. The molecule has 3 aromatic rings. The first-order valence-electron chi connectivity index (χ1n) is 7.85. The molecule has 0 aliphatic carbocycles. The van der Waals surface area contributed by atoms with E-state index >= 15 is 0 Å². The number of fused-ring (bicyclic) bond motifs is 1. The molecule has 5 heteroatoms. The second-order valence-electron chi connectivity index (χ2n) is 5.56. The zero-order valence-electron chi connectivity index (χ0n) is 13.8. The Hall–Kier alpha value is -3.34. The van der Waals surface area contributed by atoms with Gasteiger partial charge in [0.1, 0.15) is 5.75 Å². The third-order valence-corrected chi connectivity index (χ3v) is 3.97. The lowest BCUT2D eigenvalue weighted by Crippen LogP contribution is -2.24. The van der Waals surface area contributed by atoms with Crippen molar-refractivity contribution in [2.45, 2.75) is 0 Å². The van der Waals surface area contributed by atoms with E-state index < -0.39 is 5.91 Å². The van der Waals surface area contributed by atoms with Gasteiger partial charge in [0.2, 0.25) is 5.91 Å². The predicted octanol–water partition coefficient (Wildman–Crippen LogP) is 2.73. The van der Waals surface area contributed by atoms with Crippen LogP contribution in [0.15, 0.2) is 60.7 Å². The summed E-state index contributed by atoms with van der Waals surface area (Å²) in [5.74, 6) is -0.0863. The van der Waals surface area contributed by atoms with Crippen molar-refractivity contribution in [2.75, 3.05) is 13.7 Å². The Bertz CT molecular complexity index is 936. The normalized spacial score (nSPS) is 10.4. The Morgan fingerprint density at radius 3 is 2.48 bits per heavy atom. The van der Waals surface area contributed by atoms with Gasteiger partial charge in [-0.25, -0.2) is 0 Å². The van der Waals surface area contributed by atoms with E-state index in [4.69, 9.17) is 10.5 Å². The van der Waals surface area contributed by atoms with E-state index in [2.05, 4.69) is 5.32 Å². The highest BCUT2D eigenvalue weighted by atomic mass is 16.5. The van der Waals surface area contributed by atoms with Crippen molar-refractivity contribution in [1.82, 2.24) is 5.32 Å².